The van der Waals surface area contributed by atoms with E-state index >= 15 is 0 Å². The summed E-state index contributed by atoms with van der Waals surface area (Å²) in [7, 11) is 0. The number of aliphatic hydroxyl groups is 2. The molecule has 0 bridgehead atoms. The van der Waals surface area contributed by atoms with Crippen molar-refractivity contribution in [3.05, 3.63) is 36.0 Å². The lowest BCUT2D eigenvalue weighted by Gasteiger charge is -2.44. The minimum Gasteiger partial charge on any atom is -0.480 e. The van der Waals surface area contributed by atoms with Gasteiger partial charge in [0.1, 0.15) is 17.9 Å². The van der Waals surface area contributed by atoms with E-state index in [0.29, 0.717) is 51.4 Å². The van der Waals surface area contributed by atoms with Crippen molar-refractivity contribution in [3.63, 3.8) is 0 Å². The lowest BCUT2D eigenvalue weighted by molar-refractivity contribution is -0.164. The Morgan fingerprint density at radius 2 is 1.42 bits per heavy atom. The zero-order valence-corrected chi connectivity index (χ0v) is 38.1. The van der Waals surface area contributed by atoms with Gasteiger partial charge in [-0.25, -0.2) is 4.79 Å². The molecule has 9 nitrogen and oxygen atoms in total. The highest BCUT2D eigenvalue weighted by molar-refractivity contribution is 5.83. The fourth-order valence-corrected chi connectivity index (χ4v) is 8.65. The molecule has 0 radical (unpaired) electrons. The van der Waals surface area contributed by atoms with Crippen LogP contribution in [0.15, 0.2) is 36.0 Å². The number of Topliss-reactive ketones (excluding diaryl/α,β-unsaturated/α-hetero) is 1. The van der Waals surface area contributed by atoms with Crippen LogP contribution in [0.25, 0.3) is 0 Å². The molecule has 0 aliphatic heterocycles. The monoisotopic (exact) mass is 828 g/mol. The number of rotatable bonds is 33. The van der Waals surface area contributed by atoms with E-state index in [1.807, 2.05) is 20.8 Å². The highest BCUT2D eigenvalue weighted by Gasteiger charge is 2.43. The molecule has 0 saturated carbocycles. The number of hydrogen-bond donors (Lipinski definition) is 4. The van der Waals surface area contributed by atoms with Crippen molar-refractivity contribution in [1.29, 1.82) is 0 Å². The predicted molar refractivity (Wildman–Crippen MR) is 239 cm³/mol. The summed E-state index contributed by atoms with van der Waals surface area (Å²) < 4.78 is 6.20. The van der Waals surface area contributed by atoms with E-state index < -0.39 is 35.5 Å². The van der Waals surface area contributed by atoms with Crippen molar-refractivity contribution >= 4 is 23.6 Å². The number of esters is 1. The summed E-state index contributed by atoms with van der Waals surface area (Å²) >= 11 is 0. The van der Waals surface area contributed by atoms with E-state index in [2.05, 4.69) is 56.5 Å². The Morgan fingerprint density at radius 3 is 2.03 bits per heavy atom. The first-order valence-electron chi connectivity index (χ1n) is 23.8. The molecule has 0 saturated heterocycles. The number of carbonyl (C=O) groups is 4. The van der Waals surface area contributed by atoms with Crippen LogP contribution in [0, 0.1) is 29.1 Å². The van der Waals surface area contributed by atoms with Gasteiger partial charge >= 0.3 is 11.9 Å². The van der Waals surface area contributed by atoms with Gasteiger partial charge in [0, 0.05) is 18.8 Å². The molecule has 1 amide bonds. The van der Waals surface area contributed by atoms with E-state index in [1.165, 1.54) is 63.4 Å². The van der Waals surface area contributed by atoms with E-state index in [0.717, 1.165) is 32.1 Å². The molecule has 2 aliphatic carbocycles. The zero-order valence-electron chi connectivity index (χ0n) is 38.1. The third-order valence-corrected chi connectivity index (χ3v) is 12.9. The van der Waals surface area contributed by atoms with Crippen LogP contribution < -0.4 is 5.32 Å². The first-order valence-corrected chi connectivity index (χ1v) is 23.8. The topological polar surface area (TPSA) is 150 Å². The van der Waals surface area contributed by atoms with Crippen LogP contribution >= 0.6 is 0 Å². The number of amides is 1. The molecular formula is C50H85NO8. The molecule has 0 heterocycles. The van der Waals surface area contributed by atoms with Crippen molar-refractivity contribution in [2.24, 2.45) is 29.1 Å². The number of hydrogen-bond acceptors (Lipinski definition) is 7. The quantitative estimate of drug-likeness (QED) is 0.0290. The van der Waals surface area contributed by atoms with Gasteiger partial charge in [-0.15, -0.1) is 0 Å². The Labute approximate surface area is 358 Å². The van der Waals surface area contributed by atoms with Crippen molar-refractivity contribution in [3.8, 4) is 0 Å². The smallest absolute Gasteiger partial charge is 0.326 e. The number of ketones is 1. The zero-order chi connectivity index (χ0) is 43.6. The molecule has 0 aromatic rings. The van der Waals surface area contributed by atoms with Crippen LogP contribution in [0.1, 0.15) is 202 Å². The van der Waals surface area contributed by atoms with Gasteiger partial charge in [-0.3, -0.25) is 14.4 Å². The first kappa shape index (κ1) is 52.4. The highest BCUT2D eigenvalue weighted by Crippen LogP contribution is 2.45. The van der Waals surface area contributed by atoms with E-state index in [-0.39, 0.29) is 60.8 Å². The maximum absolute atomic E-state index is 13.1. The predicted octanol–water partition coefficient (Wildman–Crippen LogP) is 11.1. The summed E-state index contributed by atoms with van der Waals surface area (Å²) in [4.78, 5) is 50.1. The number of carbonyl (C=O) groups excluding carboxylic acids is 3. The van der Waals surface area contributed by atoms with Crippen molar-refractivity contribution in [2.45, 2.75) is 226 Å². The van der Waals surface area contributed by atoms with E-state index in [9.17, 15) is 34.5 Å². The summed E-state index contributed by atoms with van der Waals surface area (Å²) in [5.74, 6) is -0.952. The standard InChI is InChI=1S/C50H85NO8/c1-7-9-10-11-12-13-14-15-16-17-18-19-20-21-23-26-40(52)27-24-22-25-28-44(48(56)57)51-46(55)36-42(54)35-41(53)31-32-43-38(4)29-30-39-33-37(3)34-45(47(39)43)59-49(58)50(5,6)8-2/h15-16,29-30,33,37-38,41-45,47,53-54H,7-14,17-28,31-32,34-36H2,1-6H3,(H,51,55)(H,56,57)/b16-15-/t37-,38-,41-,42+,43-,44?,45?,47?/m0/s1. The average Bonchev–Trinajstić information content (AvgIpc) is 3.18. The molecule has 9 heteroatoms. The highest BCUT2D eigenvalue weighted by atomic mass is 16.5. The normalized spacial score (nSPS) is 22.0. The number of fused-ring (bicyclic) bond motifs is 1. The fourth-order valence-electron chi connectivity index (χ4n) is 8.65. The third-order valence-electron chi connectivity index (χ3n) is 12.9. The molecule has 8 atom stereocenters. The van der Waals surface area contributed by atoms with Crippen LogP contribution in [0.4, 0.5) is 0 Å². The molecule has 0 spiro atoms. The van der Waals surface area contributed by atoms with Crippen molar-refractivity contribution in [1.82, 2.24) is 5.32 Å². The maximum Gasteiger partial charge on any atom is 0.326 e. The van der Waals surface area contributed by atoms with Gasteiger partial charge in [0.15, 0.2) is 0 Å². The largest absolute Gasteiger partial charge is 0.480 e. The number of unbranched alkanes of at least 4 members (excludes halogenated alkanes) is 13. The molecule has 0 aromatic heterocycles. The van der Waals surface area contributed by atoms with Crippen molar-refractivity contribution in [2.75, 3.05) is 0 Å². The van der Waals surface area contributed by atoms with Gasteiger partial charge < -0.3 is 25.4 Å². The second-order valence-corrected chi connectivity index (χ2v) is 18.7. The number of carboxylic acid groups (broad SMARTS) is 1. The fraction of sp³-hybridized carbons (Fsp3) is 0.800. The van der Waals surface area contributed by atoms with Crippen LogP contribution in [0.5, 0.6) is 0 Å². The van der Waals surface area contributed by atoms with Gasteiger partial charge in [-0.05, 0) is 114 Å². The van der Waals surface area contributed by atoms with Crippen LogP contribution in [0.3, 0.4) is 0 Å². The molecule has 338 valence electrons. The molecule has 59 heavy (non-hydrogen) atoms. The van der Waals surface area contributed by atoms with Crippen molar-refractivity contribution < 1.29 is 39.2 Å². The number of ether oxygens (including phenoxy) is 1. The molecular weight excluding hydrogens is 743 g/mol. The summed E-state index contributed by atoms with van der Waals surface area (Å²) in [5, 5.41) is 33.9. The SMILES string of the molecule is CCCCCCCC/C=C\CCCCCCCC(=O)CCCCCC(NC(=O)C[C@H](O)C[C@@H](O)CC[C@@H]1C2C(=C[C@H](C)CC2OC(=O)C(C)(C)CC)C=C[C@@H]1C)C(=O)O. The second kappa shape index (κ2) is 29.5. The molecule has 3 unspecified atom stereocenters. The van der Waals surface area contributed by atoms with Gasteiger partial charge in [0.05, 0.1) is 24.0 Å². The number of aliphatic carboxylic acids is 1. The average molecular weight is 828 g/mol. The Morgan fingerprint density at radius 1 is 0.831 bits per heavy atom. The third kappa shape index (κ3) is 21.5. The minimum absolute atomic E-state index is 0.000621. The molecule has 0 fully saturated rings. The molecule has 2 rings (SSSR count). The summed E-state index contributed by atoms with van der Waals surface area (Å²) in [6.45, 7) is 12.4. The van der Waals surface area contributed by atoms with E-state index in [1.54, 1.807) is 0 Å². The molecule has 0 aromatic carbocycles. The van der Waals surface area contributed by atoms with Crippen LogP contribution in [-0.4, -0.2) is 63.3 Å². The van der Waals surface area contributed by atoms with Gasteiger partial charge in [0.2, 0.25) is 5.91 Å². The maximum atomic E-state index is 13.1. The number of allylic oxidation sites excluding steroid dienone is 5. The van der Waals surface area contributed by atoms with E-state index in [4.69, 9.17) is 4.74 Å². The number of aliphatic hydroxyl groups excluding tert-OH is 2. The Kier molecular flexibility index (Phi) is 26.2. The second-order valence-electron chi connectivity index (χ2n) is 18.7. The first-order chi connectivity index (χ1) is 28.2. The lowest BCUT2D eigenvalue weighted by atomic mass is 9.65. The Bertz CT molecular complexity index is 1320. The lowest BCUT2D eigenvalue weighted by Crippen LogP contribution is -2.43. The minimum atomic E-state index is -1.13. The molecule has 2 aliphatic rings. The number of carboxylic acids is 1. The summed E-state index contributed by atoms with van der Waals surface area (Å²) in [6.07, 6.45) is 30.6. The Balaban J connectivity index is 1.63. The Hall–Kier alpha value is -2.78. The van der Waals surface area contributed by atoms with Gasteiger partial charge in [-0.2, -0.15) is 0 Å². The molecule has 4 N–H and O–H groups in total. The van der Waals surface area contributed by atoms with Gasteiger partial charge in [-0.1, -0.05) is 122 Å². The number of nitrogens with one attached hydrogen (secondary N) is 1. The van der Waals surface area contributed by atoms with Crippen LogP contribution in [-0.2, 0) is 23.9 Å². The summed E-state index contributed by atoms with van der Waals surface area (Å²) in [5.41, 5.74) is 0.612. The van der Waals surface area contributed by atoms with Gasteiger partial charge in [0.25, 0.3) is 0 Å². The van der Waals surface area contributed by atoms with Crippen LogP contribution in [0.2, 0.25) is 0 Å². The summed E-state index contributed by atoms with van der Waals surface area (Å²) in [6, 6.07) is -1.07.